The van der Waals surface area contributed by atoms with Gasteiger partial charge in [0, 0.05) is 22.3 Å². The van der Waals surface area contributed by atoms with Crippen molar-refractivity contribution in [2.45, 2.75) is 0 Å². The first kappa shape index (κ1) is 17.2. The number of morpholine rings is 1. The number of ether oxygens (including phenoxy) is 1. The van der Waals surface area contributed by atoms with E-state index in [1.165, 1.54) is 0 Å². The number of nitrogens with one attached hydrogen (secondary N) is 2. The highest BCUT2D eigenvalue weighted by molar-refractivity contribution is 14.1. The Bertz CT molecular complexity index is 533. The Kier molecular flexibility index (Phi) is 6.59. The van der Waals surface area contributed by atoms with Crippen LogP contribution in [0.2, 0.25) is 0 Å². The molecule has 2 N–H and O–H groups in total. The zero-order valence-electron chi connectivity index (χ0n) is 12.6. The summed E-state index contributed by atoms with van der Waals surface area (Å²) in [6, 6.07) is 7.63. The number of hydrogen-bond donors (Lipinski definition) is 2. The Morgan fingerprint density at radius 1 is 1.32 bits per heavy atom. The second-order valence-electron chi connectivity index (χ2n) is 5.36. The van der Waals surface area contributed by atoms with E-state index in [1.807, 2.05) is 31.3 Å². The van der Waals surface area contributed by atoms with Gasteiger partial charge in [-0.15, -0.1) is 0 Å². The summed E-state index contributed by atoms with van der Waals surface area (Å²) in [7, 11) is 1.85. The fourth-order valence-corrected chi connectivity index (χ4v) is 2.83. The average molecular weight is 418 g/mol. The minimum Gasteiger partial charge on any atom is -0.378 e. The van der Waals surface area contributed by atoms with E-state index in [2.05, 4.69) is 27.9 Å². The van der Waals surface area contributed by atoms with Gasteiger partial charge in [0.15, 0.2) is 13.1 Å². The van der Waals surface area contributed by atoms with Crippen molar-refractivity contribution in [1.29, 1.82) is 0 Å². The number of quaternary nitrogens is 1. The highest BCUT2D eigenvalue weighted by Gasteiger charge is 2.21. The molecule has 1 fully saturated rings. The van der Waals surface area contributed by atoms with Gasteiger partial charge in [0.1, 0.15) is 0 Å². The topological polar surface area (TPSA) is 63.1 Å². The molecular formula is C15H21IN3O3+. The molecule has 1 atom stereocenters. The first-order valence-corrected chi connectivity index (χ1v) is 8.34. The standard InChI is InChI=1S/C15H20IN3O3/c1-18(11-15(21)19-5-7-22-8-6-19)10-14(20)17-13-4-2-3-12(16)9-13/h2-4,9H,5-8,10-11H2,1H3,(H,17,20)/p+1. The predicted octanol–water partition coefficient (Wildman–Crippen LogP) is -0.397. The van der Waals surface area contributed by atoms with Gasteiger partial charge in [0.05, 0.1) is 20.3 Å². The Balaban J connectivity index is 1.77. The summed E-state index contributed by atoms with van der Waals surface area (Å²) < 4.78 is 6.30. The van der Waals surface area contributed by atoms with Gasteiger partial charge in [-0.05, 0) is 40.8 Å². The van der Waals surface area contributed by atoms with Crippen LogP contribution in [0, 0.1) is 3.57 Å². The van der Waals surface area contributed by atoms with Crippen LogP contribution in [-0.4, -0.2) is 63.2 Å². The van der Waals surface area contributed by atoms with E-state index >= 15 is 0 Å². The first-order valence-electron chi connectivity index (χ1n) is 7.27. The van der Waals surface area contributed by atoms with Crippen molar-refractivity contribution in [3.05, 3.63) is 27.8 Å². The van der Waals surface area contributed by atoms with E-state index in [9.17, 15) is 9.59 Å². The van der Waals surface area contributed by atoms with E-state index < -0.39 is 0 Å². The maximum absolute atomic E-state index is 12.1. The van der Waals surface area contributed by atoms with Crippen LogP contribution in [0.1, 0.15) is 0 Å². The third kappa shape index (κ3) is 5.54. The van der Waals surface area contributed by atoms with Gasteiger partial charge in [-0.25, -0.2) is 0 Å². The van der Waals surface area contributed by atoms with Gasteiger partial charge >= 0.3 is 0 Å². The predicted molar refractivity (Wildman–Crippen MR) is 91.8 cm³/mol. The van der Waals surface area contributed by atoms with Crippen molar-refractivity contribution in [2.24, 2.45) is 0 Å². The molecule has 1 aromatic carbocycles. The van der Waals surface area contributed by atoms with Crippen molar-refractivity contribution >= 4 is 40.1 Å². The van der Waals surface area contributed by atoms with Crippen LogP contribution in [0.3, 0.4) is 0 Å². The zero-order chi connectivity index (χ0) is 15.9. The maximum Gasteiger partial charge on any atom is 0.279 e. The van der Waals surface area contributed by atoms with E-state index in [1.54, 1.807) is 4.90 Å². The average Bonchev–Trinajstić information content (AvgIpc) is 2.47. The SMILES string of the molecule is C[NH+](CC(=O)Nc1cccc(I)c1)CC(=O)N1CCOCC1. The lowest BCUT2D eigenvalue weighted by Crippen LogP contribution is -3.11. The summed E-state index contributed by atoms with van der Waals surface area (Å²) in [6.45, 7) is 3.05. The summed E-state index contributed by atoms with van der Waals surface area (Å²) in [5.41, 5.74) is 0.782. The molecule has 120 valence electrons. The van der Waals surface area contributed by atoms with E-state index in [0.29, 0.717) is 32.8 Å². The highest BCUT2D eigenvalue weighted by atomic mass is 127. The molecule has 2 rings (SSSR count). The molecule has 0 radical (unpaired) electrons. The van der Waals surface area contributed by atoms with Crippen LogP contribution in [0.15, 0.2) is 24.3 Å². The molecule has 1 aliphatic rings. The number of rotatable bonds is 5. The summed E-state index contributed by atoms with van der Waals surface area (Å²) in [5.74, 6) is -0.0165. The Hall–Kier alpha value is -1.19. The second kappa shape index (κ2) is 8.44. The molecule has 1 aromatic rings. The largest absolute Gasteiger partial charge is 0.378 e. The molecule has 0 aliphatic carbocycles. The van der Waals surface area contributed by atoms with Crippen LogP contribution in [0.4, 0.5) is 5.69 Å². The summed E-state index contributed by atoms with van der Waals surface area (Å²) in [4.78, 5) is 26.8. The Labute approximate surface area is 143 Å². The zero-order valence-corrected chi connectivity index (χ0v) is 14.8. The van der Waals surface area contributed by atoms with Crippen LogP contribution in [0.25, 0.3) is 0 Å². The molecule has 1 unspecified atom stereocenters. The number of hydrogen-bond acceptors (Lipinski definition) is 3. The number of likely N-dealkylation sites (N-methyl/N-ethyl adjacent to an activating group) is 1. The fraction of sp³-hybridized carbons (Fsp3) is 0.467. The van der Waals surface area contributed by atoms with Crippen LogP contribution >= 0.6 is 22.6 Å². The number of nitrogens with zero attached hydrogens (tertiary/aromatic N) is 1. The van der Waals surface area contributed by atoms with Crippen molar-refractivity contribution in [1.82, 2.24) is 4.90 Å². The third-order valence-corrected chi connectivity index (χ3v) is 4.06. The number of carbonyl (C=O) groups is 2. The maximum atomic E-state index is 12.1. The Morgan fingerprint density at radius 2 is 2.05 bits per heavy atom. The molecule has 7 heteroatoms. The number of halogens is 1. The number of amides is 2. The third-order valence-electron chi connectivity index (χ3n) is 3.39. The smallest absolute Gasteiger partial charge is 0.279 e. The minimum atomic E-state index is -0.0886. The van der Waals surface area contributed by atoms with E-state index in [0.717, 1.165) is 14.2 Å². The minimum absolute atomic E-state index is 0.0721. The molecular weight excluding hydrogens is 397 g/mol. The van der Waals surface area contributed by atoms with Gasteiger partial charge in [0.2, 0.25) is 0 Å². The monoisotopic (exact) mass is 418 g/mol. The van der Waals surface area contributed by atoms with Crippen LogP contribution in [-0.2, 0) is 14.3 Å². The summed E-state index contributed by atoms with van der Waals surface area (Å²) in [5, 5.41) is 2.86. The molecule has 22 heavy (non-hydrogen) atoms. The van der Waals surface area contributed by atoms with Crippen LogP contribution in [0.5, 0.6) is 0 Å². The normalized spacial score (nSPS) is 16.2. The van der Waals surface area contributed by atoms with Crippen molar-refractivity contribution in [3.63, 3.8) is 0 Å². The number of benzene rings is 1. The van der Waals surface area contributed by atoms with Gasteiger partial charge in [-0.3, -0.25) is 9.59 Å². The quantitative estimate of drug-likeness (QED) is 0.641. The molecule has 0 bridgehead atoms. The second-order valence-corrected chi connectivity index (χ2v) is 6.61. The lowest BCUT2D eigenvalue weighted by molar-refractivity contribution is -0.862. The van der Waals surface area contributed by atoms with E-state index in [4.69, 9.17) is 4.74 Å². The molecule has 1 saturated heterocycles. The lowest BCUT2D eigenvalue weighted by atomic mass is 10.3. The Morgan fingerprint density at radius 3 is 2.73 bits per heavy atom. The summed E-state index contributed by atoms with van der Waals surface area (Å²) in [6.07, 6.45) is 0. The number of carbonyl (C=O) groups excluding carboxylic acids is 2. The molecule has 2 amide bonds. The molecule has 0 saturated carbocycles. The van der Waals surface area contributed by atoms with Crippen molar-refractivity contribution in [3.8, 4) is 0 Å². The van der Waals surface area contributed by atoms with Gasteiger partial charge in [-0.1, -0.05) is 6.07 Å². The number of anilines is 1. The molecule has 6 nitrogen and oxygen atoms in total. The highest BCUT2D eigenvalue weighted by Crippen LogP contribution is 2.11. The lowest BCUT2D eigenvalue weighted by Gasteiger charge is -2.27. The first-order chi connectivity index (χ1) is 10.5. The van der Waals surface area contributed by atoms with E-state index in [-0.39, 0.29) is 18.4 Å². The molecule has 0 spiro atoms. The van der Waals surface area contributed by atoms with Gasteiger partial charge in [-0.2, -0.15) is 0 Å². The van der Waals surface area contributed by atoms with Crippen molar-refractivity contribution < 1.29 is 19.2 Å². The molecule has 1 heterocycles. The van der Waals surface area contributed by atoms with Gasteiger partial charge < -0.3 is 19.9 Å². The molecule has 1 aliphatic heterocycles. The van der Waals surface area contributed by atoms with Crippen molar-refractivity contribution in [2.75, 3.05) is 51.8 Å². The molecule has 0 aromatic heterocycles. The fourth-order valence-electron chi connectivity index (χ4n) is 2.29. The summed E-state index contributed by atoms with van der Waals surface area (Å²) >= 11 is 2.20. The van der Waals surface area contributed by atoms with Crippen LogP contribution < -0.4 is 10.2 Å². The van der Waals surface area contributed by atoms with Gasteiger partial charge in [0.25, 0.3) is 11.8 Å².